The van der Waals surface area contributed by atoms with Crippen LogP contribution in [0.2, 0.25) is 0 Å². The number of rotatable bonds is 2. The summed E-state index contributed by atoms with van der Waals surface area (Å²) in [5.41, 5.74) is -2.52. The Kier molecular flexibility index (Phi) is 2.60. The Balaban J connectivity index is 2.48. The molecule has 0 bridgehead atoms. The van der Waals surface area contributed by atoms with Gasteiger partial charge in [-0.2, -0.15) is 5.26 Å². The van der Waals surface area contributed by atoms with Crippen molar-refractivity contribution < 1.29 is 9.50 Å². The van der Waals surface area contributed by atoms with Gasteiger partial charge in [0.2, 0.25) is 5.67 Å². The van der Waals surface area contributed by atoms with Gasteiger partial charge in [0.05, 0.1) is 5.60 Å². The molecule has 1 unspecified atom stereocenters. The molecule has 0 aromatic rings. The number of alkyl halides is 1. The van der Waals surface area contributed by atoms with Gasteiger partial charge in [-0.1, -0.05) is 0 Å². The Morgan fingerprint density at radius 3 is 2.69 bits per heavy atom. The van der Waals surface area contributed by atoms with Crippen LogP contribution in [0.3, 0.4) is 0 Å². The molecule has 0 spiro atoms. The Bertz CT molecular complexity index is 231. The highest BCUT2D eigenvalue weighted by Crippen LogP contribution is 2.25. The number of β-amino-alcohol motifs (C(OH)–C–C–N with tert-alkyl or cyclic N) is 1. The van der Waals surface area contributed by atoms with E-state index >= 15 is 0 Å². The molecule has 0 aromatic heterocycles. The molecule has 0 saturated carbocycles. The van der Waals surface area contributed by atoms with Crippen LogP contribution in [0.25, 0.3) is 0 Å². The van der Waals surface area contributed by atoms with E-state index in [-0.39, 0.29) is 13.0 Å². The Labute approximate surface area is 77.8 Å². The second-order valence-corrected chi connectivity index (χ2v) is 4.35. The highest BCUT2D eigenvalue weighted by molar-refractivity contribution is 5.07. The number of hydrogen-bond donors (Lipinski definition) is 1. The molecule has 4 heteroatoms. The first kappa shape index (κ1) is 10.4. The van der Waals surface area contributed by atoms with Crippen LogP contribution in [0, 0.1) is 11.3 Å². The van der Waals surface area contributed by atoms with Gasteiger partial charge in [0, 0.05) is 26.1 Å². The lowest BCUT2D eigenvalue weighted by Gasteiger charge is -2.24. The van der Waals surface area contributed by atoms with Crippen LogP contribution in [-0.2, 0) is 0 Å². The van der Waals surface area contributed by atoms with E-state index in [0.717, 1.165) is 0 Å². The van der Waals surface area contributed by atoms with Gasteiger partial charge in [-0.3, -0.25) is 4.90 Å². The second-order valence-electron chi connectivity index (χ2n) is 4.35. The number of aliphatic hydroxyl groups is 1. The molecule has 0 radical (unpaired) electrons. The molecule has 1 fully saturated rings. The van der Waals surface area contributed by atoms with Crippen LogP contribution < -0.4 is 0 Å². The van der Waals surface area contributed by atoms with Gasteiger partial charge in [-0.05, 0) is 13.8 Å². The molecule has 0 aliphatic carbocycles. The summed E-state index contributed by atoms with van der Waals surface area (Å²) in [6, 6.07) is 1.67. The maximum absolute atomic E-state index is 13.4. The fourth-order valence-corrected chi connectivity index (χ4v) is 1.62. The second kappa shape index (κ2) is 3.24. The molecule has 1 aliphatic rings. The predicted octanol–water partition coefficient (Wildman–Crippen LogP) is 0.695. The minimum absolute atomic E-state index is 0.119. The molecule has 1 rings (SSSR count). The summed E-state index contributed by atoms with van der Waals surface area (Å²) in [7, 11) is 0. The zero-order valence-electron chi connectivity index (χ0n) is 8.05. The molecular formula is C9H15FN2O. The van der Waals surface area contributed by atoms with Crippen molar-refractivity contribution in [3.63, 3.8) is 0 Å². The van der Waals surface area contributed by atoms with Crippen molar-refractivity contribution in [2.45, 2.75) is 31.5 Å². The smallest absolute Gasteiger partial charge is 0.209 e. The topological polar surface area (TPSA) is 47.3 Å². The third-order valence-corrected chi connectivity index (χ3v) is 2.11. The molecule has 0 amide bonds. The fourth-order valence-electron chi connectivity index (χ4n) is 1.62. The number of halogens is 1. The Morgan fingerprint density at radius 2 is 2.31 bits per heavy atom. The van der Waals surface area contributed by atoms with Gasteiger partial charge in [0.1, 0.15) is 6.07 Å². The summed E-state index contributed by atoms with van der Waals surface area (Å²) >= 11 is 0. The average molecular weight is 186 g/mol. The van der Waals surface area contributed by atoms with Crippen LogP contribution in [-0.4, -0.2) is 40.9 Å². The van der Waals surface area contributed by atoms with Crippen LogP contribution in [0.4, 0.5) is 4.39 Å². The fraction of sp³-hybridized carbons (Fsp3) is 0.889. The predicted molar refractivity (Wildman–Crippen MR) is 46.8 cm³/mol. The van der Waals surface area contributed by atoms with E-state index < -0.39 is 11.3 Å². The summed E-state index contributed by atoms with van der Waals surface area (Å²) < 4.78 is 13.4. The lowest BCUT2D eigenvalue weighted by Crippen LogP contribution is -2.38. The standard InChI is InChI=1S/C9H15FN2O/c1-8(2,13)6-12-4-3-9(10,5-11)7-12/h13H,3-4,6-7H2,1-2H3. The third kappa shape index (κ3) is 2.94. The Morgan fingerprint density at radius 1 is 1.69 bits per heavy atom. The summed E-state index contributed by atoms with van der Waals surface area (Å²) in [5, 5.41) is 18.0. The van der Waals surface area contributed by atoms with Gasteiger partial charge < -0.3 is 5.11 Å². The number of nitrogens with zero attached hydrogens (tertiary/aromatic N) is 2. The molecule has 0 aromatic carbocycles. The maximum atomic E-state index is 13.4. The van der Waals surface area contributed by atoms with Crippen LogP contribution in [0.15, 0.2) is 0 Å². The van der Waals surface area contributed by atoms with Gasteiger partial charge in [-0.25, -0.2) is 4.39 Å². The quantitative estimate of drug-likeness (QED) is 0.690. The van der Waals surface area contributed by atoms with Crippen molar-refractivity contribution in [3.8, 4) is 6.07 Å². The van der Waals surface area contributed by atoms with Gasteiger partial charge >= 0.3 is 0 Å². The zero-order chi connectivity index (χ0) is 10.1. The van der Waals surface area contributed by atoms with Crippen LogP contribution in [0.5, 0.6) is 0 Å². The third-order valence-electron chi connectivity index (χ3n) is 2.11. The molecule has 1 heterocycles. The molecular weight excluding hydrogens is 171 g/mol. The summed E-state index contributed by atoms with van der Waals surface area (Å²) in [6.45, 7) is 4.44. The van der Waals surface area contributed by atoms with Gasteiger partial charge in [0.15, 0.2) is 0 Å². The van der Waals surface area contributed by atoms with Crippen molar-refractivity contribution in [2.24, 2.45) is 0 Å². The van der Waals surface area contributed by atoms with Crippen molar-refractivity contribution in [3.05, 3.63) is 0 Å². The minimum atomic E-state index is -1.70. The lowest BCUT2D eigenvalue weighted by atomic mass is 10.1. The van der Waals surface area contributed by atoms with Crippen LogP contribution >= 0.6 is 0 Å². The van der Waals surface area contributed by atoms with E-state index in [1.807, 2.05) is 0 Å². The van der Waals surface area contributed by atoms with Gasteiger partial charge in [0.25, 0.3) is 0 Å². The Hall–Kier alpha value is -0.660. The van der Waals surface area contributed by atoms with Crippen molar-refractivity contribution >= 4 is 0 Å². The first-order valence-electron chi connectivity index (χ1n) is 4.40. The monoisotopic (exact) mass is 186 g/mol. The highest BCUT2D eigenvalue weighted by atomic mass is 19.1. The molecule has 13 heavy (non-hydrogen) atoms. The minimum Gasteiger partial charge on any atom is -0.389 e. The molecule has 1 aliphatic heterocycles. The normalized spacial score (nSPS) is 30.4. The molecule has 74 valence electrons. The number of likely N-dealkylation sites (tertiary alicyclic amines) is 1. The summed E-state index contributed by atoms with van der Waals surface area (Å²) in [6.07, 6.45) is 0.250. The zero-order valence-corrected chi connectivity index (χ0v) is 8.05. The lowest BCUT2D eigenvalue weighted by molar-refractivity contribution is 0.0405. The molecule has 1 N–H and O–H groups in total. The van der Waals surface area contributed by atoms with Crippen LogP contribution in [0.1, 0.15) is 20.3 Å². The average Bonchev–Trinajstić information content (AvgIpc) is 2.30. The number of hydrogen-bond acceptors (Lipinski definition) is 3. The molecule has 1 saturated heterocycles. The van der Waals surface area contributed by atoms with E-state index in [9.17, 15) is 9.50 Å². The SMILES string of the molecule is CC(C)(O)CN1CCC(F)(C#N)C1. The van der Waals surface area contributed by atoms with E-state index in [4.69, 9.17) is 5.26 Å². The molecule has 3 nitrogen and oxygen atoms in total. The summed E-state index contributed by atoms with van der Waals surface area (Å²) in [5.74, 6) is 0. The van der Waals surface area contributed by atoms with Gasteiger partial charge in [-0.15, -0.1) is 0 Å². The molecule has 1 atom stereocenters. The largest absolute Gasteiger partial charge is 0.389 e. The highest BCUT2D eigenvalue weighted by Gasteiger charge is 2.39. The van der Waals surface area contributed by atoms with Crippen molar-refractivity contribution in [2.75, 3.05) is 19.6 Å². The van der Waals surface area contributed by atoms with E-state index in [2.05, 4.69) is 0 Å². The maximum Gasteiger partial charge on any atom is 0.209 e. The first-order valence-corrected chi connectivity index (χ1v) is 4.40. The van der Waals surface area contributed by atoms with E-state index in [1.54, 1.807) is 24.8 Å². The van der Waals surface area contributed by atoms with Crippen molar-refractivity contribution in [1.82, 2.24) is 4.90 Å². The summed E-state index contributed by atoms with van der Waals surface area (Å²) in [4.78, 5) is 1.78. The van der Waals surface area contributed by atoms with E-state index in [1.165, 1.54) is 0 Å². The van der Waals surface area contributed by atoms with E-state index in [0.29, 0.717) is 13.1 Å². The number of nitriles is 1. The first-order chi connectivity index (χ1) is 5.85. The van der Waals surface area contributed by atoms with Crippen molar-refractivity contribution in [1.29, 1.82) is 5.26 Å².